The van der Waals surface area contributed by atoms with E-state index in [2.05, 4.69) is 10.2 Å². The maximum absolute atomic E-state index is 12.5. The fraction of sp³-hybridized carbons (Fsp3) is 0.333. The number of alkyl halides is 3. The van der Waals surface area contributed by atoms with E-state index in [0.29, 0.717) is 5.75 Å². The highest BCUT2D eigenvalue weighted by Crippen LogP contribution is 2.29. The molecular formula is C12H12F3N3S. The van der Waals surface area contributed by atoms with E-state index in [1.54, 1.807) is 0 Å². The van der Waals surface area contributed by atoms with E-state index in [-0.39, 0.29) is 5.16 Å². The molecule has 0 aliphatic rings. The normalized spacial score (nSPS) is 11.8. The van der Waals surface area contributed by atoms with Gasteiger partial charge in [-0.3, -0.25) is 0 Å². The zero-order valence-corrected chi connectivity index (χ0v) is 11.0. The minimum Gasteiger partial charge on any atom is -0.302 e. The summed E-state index contributed by atoms with van der Waals surface area (Å²) in [6.45, 7) is 0. The van der Waals surface area contributed by atoms with Gasteiger partial charge in [0.15, 0.2) is 5.16 Å². The highest BCUT2D eigenvalue weighted by atomic mass is 32.2. The van der Waals surface area contributed by atoms with E-state index in [9.17, 15) is 13.2 Å². The molecule has 3 nitrogen and oxygen atoms in total. The third kappa shape index (κ3) is 3.50. The molecule has 0 radical (unpaired) electrons. The molecule has 0 unspecified atom stereocenters. The van der Waals surface area contributed by atoms with Crippen LogP contribution in [0.1, 0.15) is 11.4 Å². The topological polar surface area (TPSA) is 30.7 Å². The van der Waals surface area contributed by atoms with E-state index >= 15 is 0 Å². The number of hydrogen-bond acceptors (Lipinski definition) is 3. The Morgan fingerprint density at radius 1 is 1.16 bits per heavy atom. The van der Waals surface area contributed by atoms with Crippen LogP contribution in [-0.4, -0.2) is 20.5 Å². The highest BCUT2D eigenvalue weighted by molar-refractivity contribution is 7.99. The second-order valence-corrected chi connectivity index (χ2v) is 5.01. The highest BCUT2D eigenvalue weighted by Gasteiger charge is 2.37. The summed E-state index contributed by atoms with van der Waals surface area (Å²) < 4.78 is 38.5. The molecule has 0 aliphatic carbocycles. The molecule has 0 saturated carbocycles. The van der Waals surface area contributed by atoms with Gasteiger partial charge in [-0.2, -0.15) is 13.2 Å². The van der Waals surface area contributed by atoms with Crippen molar-refractivity contribution in [2.24, 2.45) is 7.05 Å². The monoisotopic (exact) mass is 287 g/mol. The van der Waals surface area contributed by atoms with Gasteiger partial charge in [0, 0.05) is 12.8 Å². The average Bonchev–Trinajstić information content (AvgIpc) is 2.72. The number of thioether (sulfide) groups is 1. The van der Waals surface area contributed by atoms with Crippen LogP contribution in [-0.2, 0) is 19.6 Å². The van der Waals surface area contributed by atoms with Crippen molar-refractivity contribution >= 4 is 11.8 Å². The van der Waals surface area contributed by atoms with Gasteiger partial charge in [-0.25, -0.2) is 0 Å². The fourth-order valence-corrected chi connectivity index (χ4v) is 2.49. The fourth-order valence-electron chi connectivity index (χ4n) is 1.59. The van der Waals surface area contributed by atoms with Crippen LogP contribution in [0.4, 0.5) is 13.2 Å². The van der Waals surface area contributed by atoms with Crippen LogP contribution >= 0.6 is 11.8 Å². The lowest BCUT2D eigenvalue weighted by Gasteiger charge is -2.06. The van der Waals surface area contributed by atoms with Crippen LogP contribution in [0.2, 0.25) is 0 Å². The SMILES string of the molecule is Cn1c(SCCc2ccccc2)nnc1C(F)(F)F. The molecule has 0 saturated heterocycles. The molecule has 0 fully saturated rings. The third-order valence-electron chi connectivity index (χ3n) is 2.55. The molecule has 7 heteroatoms. The number of benzene rings is 1. The van der Waals surface area contributed by atoms with Crippen LogP contribution in [0, 0.1) is 0 Å². The molecule has 0 amide bonds. The molecule has 19 heavy (non-hydrogen) atoms. The number of rotatable bonds is 4. The Hall–Kier alpha value is -1.50. The standard InChI is InChI=1S/C12H12F3N3S/c1-18-10(12(13,14)15)16-17-11(18)19-8-7-9-5-3-2-4-6-9/h2-6H,7-8H2,1H3. The second-order valence-electron chi connectivity index (χ2n) is 3.95. The first-order valence-corrected chi connectivity index (χ1v) is 6.60. The molecule has 2 rings (SSSR count). The molecule has 1 aromatic heterocycles. The van der Waals surface area contributed by atoms with Crippen molar-refractivity contribution in [3.05, 3.63) is 41.7 Å². The molecule has 1 heterocycles. The molecule has 0 N–H and O–H groups in total. The molecule has 0 aliphatic heterocycles. The molecule has 1 aromatic carbocycles. The van der Waals surface area contributed by atoms with Gasteiger partial charge in [-0.05, 0) is 12.0 Å². The van der Waals surface area contributed by atoms with Crippen molar-refractivity contribution < 1.29 is 13.2 Å². The Morgan fingerprint density at radius 3 is 2.42 bits per heavy atom. The molecule has 0 bridgehead atoms. The molecule has 2 aromatic rings. The largest absolute Gasteiger partial charge is 0.451 e. The van der Waals surface area contributed by atoms with Crippen LogP contribution in [0.3, 0.4) is 0 Å². The third-order valence-corrected chi connectivity index (χ3v) is 3.58. The Kier molecular flexibility index (Phi) is 4.14. The number of hydrogen-bond donors (Lipinski definition) is 0. The summed E-state index contributed by atoms with van der Waals surface area (Å²) in [7, 11) is 1.33. The van der Waals surface area contributed by atoms with Crippen molar-refractivity contribution in [3.8, 4) is 0 Å². The molecule has 0 spiro atoms. The van der Waals surface area contributed by atoms with Crippen molar-refractivity contribution in [3.63, 3.8) is 0 Å². The Bertz CT molecular complexity index is 537. The first-order chi connectivity index (χ1) is 8.98. The number of nitrogens with zero attached hydrogens (tertiary/aromatic N) is 3. The Labute approximate surface area is 112 Å². The van der Waals surface area contributed by atoms with Crippen molar-refractivity contribution in [2.45, 2.75) is 17.8 Å². The zero-order chi connectivity index (χ0) is 13.9. The lowest BCUT2D eigenvalue weighted by Crippen LogP contribution is -2.13. The predicted molar refractivity (Wildman–Crippen MR) is 66.9 cm³/mol. The average molecular weight is 287 g/mol. The first-order valence-electron chi connectivity index (χ1n) is 5.62. The minimum atomic E-state index is -4.46. The summed E-state index contributed by atoms with van der Waals surface area (Å²) in [5, 5.41) is 7.03. The van der Waals surface area contributed by atoms with Crippen LogP contribution in [0.25, 0.3) is 0 Å². The minimum absolute atomic E-state index is 0.281. The quantitative estimate of drug-likeness (QED) is 0.809. The lowest BCUT2D eigenvalue weighted by atomic mass is 10.2. The summed E-state index contributed by atoms with van der Waals surface area (Å²) in [6, 6.07) is 9.76. The van der Waals surface area contributed by atoms with Crippen molar-refractivity contribution in [1.82, 2.24) is 14.8 Å². The maximum atomic E-state index is 12.5. The van der Waals surface area contributed by atoms with Gasteiger partial charge < -0.3 is 4.57 Å². The number of halogens is 3. The number of aryl methyl sites for hydroxylation is 1. The van der Waals surface area contributed by atoms with E-state index < -0.39 is 12.0 Å². The lowest BCUT2D eigenvalue weighted by molar-refractivity contribution is -0.147. The molecule has 102 valence electrons. The Balaban J connectivity index is 1.96. The summed E-state index contributed by atoms with van der Waals surface area (Å²) in [6.07, 6.45) is -3.68. The van der Waals surface area contributed by atoms with Gasteiger partial charge in [0.1, 0.15) is 0 Å². The van der Waals surface area contributed by atoms with E-state index in [1.165, 1.54) is 18.8 Å². The zero-order valence-electron chi connectivity index (χ0n) is 10.2. The summed E-state index contributed by atoms with van der Waals surface area (Å²) in [5.74, 6) is -0.303. The van der Waals surface area contributed by atoms with Gasteiger partial charge in [0.05, 0.1) is 0 Å². The summed E-state index contributed by atoms with van der Waals surface area (Å²) in [5.41, 5.74) is 1.15. The molecule has 0 atom stereocenters. The van der Waals surface area contributed by atoms with Crippen molar-refractivity contribution in [1.29, 1.82) is 0 Å². The van der Waals surface area contributed by atoms with Gasteiger partial charge in [-0.15, -0.1) is 10.2 Å². The van der Waals surface area contributed by atoms with Gasteiger partial charge in [0.2, 0.25) is 5.82 Å². The van der Waals surface area contributed by atoms with Crippen LogP contribution in [0.5, 0.6) is 0 Å². The summed E-state index contributed by atoms with van der Waals surface area (Å²) in [4.78, 5) is 0. The molecular weight excluding hydrogens is 275 g/mol. The second kappa shape index (κ2) is 5.64. The van der Waals surface area contributed by atoms with E-state index in [4.69, 9.17) is 0 Å². The smallest absolute Gasteiger partial charge is 0.302 e. The van der Waals surface area contributed by atoms with Gasteiger partial charge in [-0.1, -0.05) is 42.1 Å². The number of aromatic nitrogens is 3. The van der Waals surface area contributed by atoms with Crippen LogP contribution < -0.4 is 0 Å². The summed E-state index contributed by atoms with van der Waals surface area (Å²) >= 11 is 1.27. The Morgan fingerprint density at radius 2 is 1.84 bits per heavy atom. The first kappa shape index (κ1) is 13.9. The van der Waals surface area contributed by atoms with Gasteiger partial charge in [0.25, 0.3) is 0 Å². The van der Waals surface area contributed by atoms with E-state index in [0.717, 1.165) is 16.6 Å². The maximum Gasteiger partial charge on any atom is 0.451 e. The predicted octanol–water partition coefficient (Wildman–Crippen LogP) is 3.17. The van der Waals surface area contributed by atoms with Gasteiger partial charge >= 0.3 is 6.18 Å². The van der Waals surface area contributed by atoms with Crippen LogP contribution in [0.15, 0.2) is 35.5 Å². The van der Waals surface area contributed by atoms with Crippen molar-refractivity contribution in [2.75, 3.05) is 5.75 Å². The van der Waals surface area contributed by atoms with E-state index in [1.807, 2.05) is 30.3 Å².